The Kier molecular flexibility index (Phi) is 3.48. The van der Waals surface area contributed by atoms with Crippen molar-refractivity contribution in [3.63, 3.8) is 0 Å². The topological polar surface area (TPSA) is 67.8 Å². The Labute approximate surface area is 120 Å². The number of aromatic amines is 1. The molecular formula is C14H15N3O2S. The van der Waals surface area contributed by atoms with Crippen molar-refractivity contribution in [1.29, 1.82) is 0 Å². The van der Waals surface area contributed by atoms with Crippen molar-refractivity contribution in [2.75, 3.05) is 5.75 Å². The number of H-pyrrole nitrogens is 1. The second-order valence-electron chi connectivity index (χ2n) is 4.92. The molecule has 1 aromatic carbocycles. The number of hydrogen-bond acceptors (Lipinski definition) is 4. The van der Waals surface area contributed by atoms with Crippen molar-refractivity contribution in [3.8, 4) is 0 Å². The fourth-order valence-electron chi connectivity index (χ4n) is 2.42. The van der Waals surface area contributed by atoms with Gasteiger partial charge in [0.1, 0.15) is 0 Å². The number of Topliss-reactive ketones (excluding diaryl/α,β-unsaturated/α-hetero) is 1. The van der Waals surface area contributed by atoms with E-state index in [-0.39, 0.29) is 17.2 Å². The molecule has 0 spiro atoms. The predicted molar refractivity (Wildman–Crippen MR) is 77.4 cm³/mol. The first-order valence-electron chi connectivity index (χ1n) is 6.54. The van der Waals surface area contributed by atoms with Gasteiger partial charge in [-0.1, -0.05) is 23.9 Å². The van der Waals surface area contributed by atoms with Gasteiger partial charge in [0.05, 0.1) is 5.75 Å². The maximum atomic E-state index is 12.2. The Morgan fingerprint density at radius 1 is 1.40 bits per heavy atom. The fourth-order valence-corrected chi connectivity index (χ4v) is 3.23. The van der Waals surface area contributed by atoms with Crippen LogP contribution in [0, 0.1) is 0 Å². The van der Waals surface area contributed by atoms with Gasteiger partial charge < -0.3 is 0 Å². The van der Waals surface area contributed by atoms with Gasteiger partial charge in [0.25, 0.3) is 0 Å². The number of nitrogens with one attached hydrogen (secondary N) is 1. The third-order valence-electron chi connectivity index (χ3n) is 3.59. The highest BCUT2D eigenvalue weighted by Crippen LogP contribution is 2.24. The zero-order chi connectivity index (χ0) is 14.1. The van der Waals surface area contributed by atoms with Gasteiger partial charge in [0.2, 0.25) is 0 Å². The van der Waals surface area contributed by atoms with Crippen LogP contribution in [0.2, 0.25) is 0 Å². The first-order chi connectivity index (χ1) is 9.65. The summed E-state index contributed by atoms with van der Waals surface area (Å²) in [5.74, 6) is 0.358. The van der Waals surface area contributed by atoms with Crippen LogP contribution in [0.15, 0.2) is 28.2 Å². The number of thioether (sulfide) groups is 1. The molecule has 0 amide bonds. The van der Waals surface area contributed by atoms with E-state index in [1.54, 1.807) is 7.05 Å². The first-order valence-corrected chi connectivity index (χ1v) is 7.53. The molecule has 0 unspecified atom stereocenters. The Morgan fingerprint density at radius 2 is 2.20 bits per heavy atom. The summed E-state index contributed by atoms with van der Waals surface area (Å²) in [5, 5.41) is 6.77. The van der Waals surface area contributed by atoms with Crippen LogP contribution in [0.5, 0.6) is 0 Å². The molecule has 0 atom stereocenters. The quantitative estimate of drug-likeness (QED) is 0.685. The summed E-state index contributed by atoms with van der Waals surface area (Å²) < 4.78 is 1.40. The lowest BCUT2D eigenvalue weighted by atomic mass is 10.0. The van der Waals surface area contributed by atoms with Crippen LogP contribution in [0.1, 0.15) is 27.9 Å². The summed E-state index contributed by atoms with van der Waals surface area (Å²) in [5.41, 5.74) is 3.15. The lowest BCUT2D eigenvalue weighted by Crippen LogP contribution is -2.13. The molecule has 1 aromatic heterocycles. The van der Waals surface area contributed by atoms with Gasteiger partial charge in [0.15, 0.2) is 10.9 Å². The SMILES string of the molecule is Cn1c(SCC(=O)c2ccc3c(c2)CCC3)n[nH]c1=O. The monoisotopic (exact) mass is 289 g/mol. The number of fused-ring (bicyclic) bond motifs is 1. The number of aryl methyl sites for hydroxylation is 2. The zero-order valence-corrected chi connectivity index (χ0v) is 12.0. The second-order valence-corrected chi connectivity index (χ2v) is 5.86. The molecule has 0 radical (unpaired) electrons. The van der Waals surface area contributed by atoms with E-state index in [9.17, 15) is 9.59 Å². The van der Waals surface area contributed by atoms with Gasteiger partial charge in [-0.3, -0.25) is 9.36 Å². The van der Waals surface area contributed by atoms with Crippen molar-refractivity contribution in [1.82, 2.24) is 14.8 Å². The van der Waals surface area contributed by atoms with Crippen LogP contribution in [-0.4, -0.2) is 26.3 Å². The van der Waals surface area contributed by atoms with Crippen molar-refractivity contribution in [2.24, 2.45) is 7.05 Å². The Hall–Kier alpha value is -1.82. The van der Waals surface area contributed by atoms with Gasteiger partial charge in [-0.2, -0.15) is 0 Å². The number of hydrogen-bond donors (Lipinski definition) is 1. The van der Waals surface area contributed by atoms with Crippen molar-refractivity contribution in [2.45, 2.75) is 24.4 Å². The number of benzene rings is 1. The standard InChI is InChI=1S/C14H15N3O2S/c1-17-13(19)15-16-14(17)20-8-12(18)11-6-5-9-3-2-4-10(9)7-11/h5-7H,2-4,8H2,1H3,(H,15,19). The van der Waals surface area contributed by atoms with Crippen LogP contribution in [0.25, 0.3) is 0 Å². The summed E-state index contributed by atoms with van der Waals surface area (Å²) in [7, 11) is 1.63. The lowest BCUT2D eigenvalue weighted by Gasteiger charge is -2.04. The van der Waals surface area contributed by atoms with E-state index in [0.717, 1.165) is 18.4 Å². The average Bonchev–Trinajstić information content (AvgIpc) is 3.04. The summed E-state index contributed by atoms with van der Waals surface area (Å²) in [6.07, 6.45) is 3.36. The molecule has 1 aliphatic rings. The molecule has 1 aliphatic carbocycles. The van der Waals surface area contributed by atoms with Crippen LogP contribution < -0.4 is 5.69 Å². The number of nitrogens with zero attached hydrogens (tertiary/aromatic N) is 2. The van der Waals surface area contributed by atoms with Crippen LogP contribution in [-0.2, 0) is 19.9 Å². The summed E-state index contributed by atoms with van der Waals surface area (Å²) in [4.78, 5) is 23.4. The summed E-state index contributed by atoms with van der Waals surface area (Å²) in [6, 6.07) is 5.97. The van der Waals surface area contributed by atoms with Crippen LogP contribution in [0.4, 0.5) is 0 Å². The third-order valence-corrected chi connectivity index (χ3v) is 4.62. The minimum Gasteiger partial charge on any atom is -0.293 e. The van der Waals surface area contributed by atoms with E-state index in [1.165, 1.54) is 33.9 Å². The van der Waals surface area contributed by atoms with Gasteiger partial charge >= 0.3 is 5.69 Å². The fraction of sp³-hybridized carbons (Fsp3) is 0.357. The van der Waals surface area contributed by atoms with E-state index >= 15 is 0 Å². The molecule has 2 aromatic rings. The molecule has 5 nitrogen and oxygen atoms in total. The van der Waals surface area contributed by atoms with Crippen LogP contribution in [0.3, 0.4) is 0 Å². The molecule has 0 saturated heterocycles. The average molecular weight is 289 g/mol. The first kappa shape index (κ1) is 13.2. The highest BCUT2D eigenvalue weighted by molar-refractivity contribution is 7.99. The molecule has 0 saturated carbocycles. The van der Waals surface area contributed by atoms with Crippen molar-refractivity contribution >= 4 is 17.5 Å². The summed E-state index contributed by atoms with van der Waals surface area (Å²) >= 11 is 1.28. The Balaban J connectivity index is 1.70. The maximum absolute atomic E-state index is 12.2. The van der Waals surface area contributed by atoms with Crippen LogP contribution >= 0.6 is 11.8 Å². The lowest BCUT2D eigenvalue weighted by molar-refractivity contribution is 0.102. The molecule has 104 valence electrons. The Morgan fingerprint density at radius 3 is 2.95 bits per heavy atom. The Bertz CT molecular complexity index is 717. The minimum atomic E-state index is -0.266. The molecule has 0 fully saturated rings. The van der Waals surface area contributed by atoms with Gasteiger partial charge in [-0.25, -0.2) is 9.89 Å². The molecule has 0 aliphatic heterocycles. The molecule has 1 heterocycles. The van der Waals surface area contributed by atoms with Crippen molar-refractivity contribution in [3.05, 3.63) is 45.4 Å². The number of aromatic nitrogens is 3. The van der Waals surface area contributed by atoms with E-state index in [4.69, 9.17) is 0 Å². The third kappa shape index (κ3) is 2.43. The molecular weight excluding hydrogens is 274 g/mol. The maximum Gasteiger partial charge on any atom is 0.343 e. The summed E-state index contributed by atoms with van der Waals surface area (Å²) in [6.45, 7) is 0. The number of carbonyl (C=O) groups excluding carboxylic acids is 1. The highest BCUT2D eigenvalue weighted by atomic mass is 32.2. The van der Waals surface area contributed by atoms with E-state index in [1.807, 2.05) is 12.1 Å². The van der Waals surface area contributed by atoms with Gasteiger partial charge in [0, 0.05) is 12.6 Å². The number of ketones is 1. The second kappa shape index (κ2) is 5.28. The van der Waals surface area contributed by atoms with E-state index < -0.39 is 0 Å². The van der Waals surface area contributed by atoms with E-state index in [2.05, 4.69) is 16.3 Å². The van der Waals surface area contributed by atoms with Crippen molar-refractivity contribution < 1.29 is 4.79 Å². The smallest absolute Gasteiger partial charge is 0.293 e. The molecule has 6 heteroatoms. The number of carbonyl (C=O) groups is 1. The van der Waals surface area contributed by atoms with Gasteiger partial charge in [-0.15, -0.1) is 5.10 Å². The van der Waals surface area contributed by atoms with E-state index in [0.29, 0.717) is 5.16 Å². The van der Waals surface area contributed by atoms with Gasteiger partial charge in [-0.05, 0) is 36.5 Å². The largest absolute Gasteiger partial charge is 0.343 e. The predicted octanol–water partition coefficient (Wildman–Crippen LogP) is 1.57. The molecule has 1 N–H and O–H groups in total. The normalized spacial score (nSPS) is 13.4. The highest BCUT2D eigenvalue weighted by Gasteiger charge is 2.15. The molecule has 3 rings (SSSR count). The number of rotatable bonds is 4. The molecule has 0 bridgehead atoms. The zero-order valence-electron chi connectivity index (χ0n) is 11.2. The minimum absolute atomic E-state index is 0.0696. The molecule has 20 heavy (non-hydrogen) atoms.